The van der Waals surface area contributed by atoms with E-state index in [0.29, 0.717) is 32.6 Å². The smallest absolute Gasteiger partial charge is 0.228 e. The maximum Gasteiger partial charge on any atom is 0.228 e. The second-order valence-corrected chi connectivity index (χ2v) is 7.08. The highest BCUT2D eigenvalue weighted by Gasteiger charge is 2.40. The molecule has 0 aromatic heterocycles. The third-order valence-corrected chi connectivity index (χ3v) is 5.76. The summed E-state index contributed by atoms with van der Waals surface area (Å²) in [6.45, 7) is 1.45. The molecule has 4 nitrogen and oxygen atoms in total. The Bertz CT molecular complexity index is 567. The fourth-order valence-electron chi connectivity index (χ4n) is 3.11. The van der Waals surface area contributed by atoms with Crippen LogP contribution in [0.15, 0.2) is 23.1 Å². The van der Waals surface area contributed by atoms with E-state index in [4.69, 9.17) is 10.5 Å². The topological polar surface area (TPSA) is 64.4 Å². The molecule has 1 aromatic rings. The minimum atomic E-state index is -0.545. The standard InChI is InChI=1S/C16H21FN2O2S.ClH/c17-11-1-2-14-12(9-11)13(3-8-22-14)19-15(20)16(10-18)4-6-21-7-5-16;/h1-2,9,13H,3-8,10,18H2,(H,19,20);1H. The molecule has 0 bridgehead atoms. The molecule has 1 aromatic carbocycles. The van der Waals surface area contributed by atoms with Gasteiger partial charge in [-0.15, -0.1) is 24.2 Å². The number of nitrogens with two attached hydrogens (primary N) is 1. The van der Waals surface area contributed by atoms with Gasteiger partial charge in [0.25, 0.3) is 0 Å². The predicted molar refractivity (Wildman–Crippen MR) is 91.4 cm³/mol. The average molecular weight is 361 g/mol. The third kappa shape index (κ3) is 3.82. The van der Waals surface area contributed by atoms with Gasteiger partial charge >= 0.3 is 0 Å². The van der Waals surface area contributed by atoms with Crippen molar-refractivity contribution in [1.29, 1.82) is 0 Å². The number of hydrogen-bond acceptors (Lipinski definition) is 4. The number of thioether (sulfide) groups is 1. The summed E-state index contributed by atoms with van der Waals surface area (Å²) in [6, 6.07) is 4.66. The minimum absolute atomic E-state index is 0. The van der Waals surface area contributed by atoms with Crippen molar-refractivity contribution in [1.82, 2.24) is 5.32 Å². The molecule has 128 valence electrons. The molecule has 1 fully saturated rings. The van der Waals surface area contributed by atoms with E-state index < -0.39 is 5.41 Å². The largest absolute Gasteiger partial charge is 0.381 e. The van der Waals surface area contributed by atoms with Crippen molar-refractivity contribution in [3.05, 3.63) is 29.6 Å². The van der Waals surface area contributed by atoms with Gasteiger partial charge in [-0.05, 0) is 43.0 Å². The van der Waals surface area contributed by atoms with E-state index in [1.54, 1.807) is 17.8 Å². The average Bonchev–Trinajstić information content (AvgIpc) is 2.56. The van der Waals surface area contributed by atoms with Gasteiger partial charge in [0.05, 0.1) is 11.5 Å². The number of rotatable bonds is 3. The van der Waals surface area contributed by atoms with Crippen molar-refractivity contribution in [2.24, 2.45) is 11.1 Å². The Labute approximate surface area is 146 Å². The number of nitrogens with one attached hydrogen (secondary N) is 1. The SMILES string of the molecule is Cl.NCC1(C(=O)NC2CCSc3ccc(F)cc32)CCOCC1. The number of benzene rings is 1. The summed E-state index contributed by atoms with van der Waals surface area (Å²) in [5.41, 5.74) is 6.22. The van der Waals surface area contributed by atoms with Crippen molar-refractivity contribution in [3.63, 3.8) is 0 Å². The molecule has 2 aliphatic rings. The molecule has 23 heavy (non-hydrogen) atoms. The summed E-state index contributed by atoms with van der Waals surface area (Å²) in [6.07, 6.45) is 2.10. The highest BCUT2D eigenvalue weighted by Crippen LogP contribution is 2.38. The van der Waals surface area contributed by atoms with Crippen LogP contribution in [-0.4, -0.2) is 31.4 Å². The van der Waals surface area contributed by atoms with Gasteiger partial charge in [-0.3, -0.25) is 4.79 Å². The Kier molecular flexibility index (Phi) is 6.31. The van der Waals surface area contributed by atoms with Crippen LogP contribution in [0.1, 0.15) is 30.9 Å². The molecule has 1 amide bonds. The molecule has 1 saturated heterocycles. The van der Waals surface area contributed by atoms with Crippen LogP contribution >= 0.6 is 24.2 Å². The first kappa shape index (κ1) is 18.5. The zero-order valence-electron chi connectivity index (χ0n) is 12.8. The summed E-state index contributed by atoms with van der Waals surface area (Å²) >= 11 is 1.71. The monoisotopic (exact) mass is 360 g/mol. The first-order valence-corrected chi connectivity index (χ1v) is 8.64. The van der Waals surface area contributed by atoms with Crippen LogP contribution in [-0.2, 0) is 9.53 Å². The molecule has 1 unspecified atom stereocenters. The number of carbonyl (C=O) groups excluding carboxylic acids is 1. The molecule has 0 spiro atoms. The van der Waals surface area contributed by atoms with Gasteiger partial charge < -0.3 is 15.8 Å². The number of ether oxygens (including phenoxy) is 1. The lowest BCUT2D eigenvalue weighted by Gasteiger charge is -2.37. The number of amides is 1. The second kappa shape index (κ2) is 7.83. The number of carbonyl (C=O) groups is 1. The van der Waals surface area contributed by atoms with Crippen molar-refractivity contribution in [3.8, 4) is 0 Å². The first-order chi connectivity index (χ1) is 10.6. The van der Waals surface area contributed by atoms with Gasteiger partial charge in [0.1, 0.15) is 5.82 Å². The maximum atomic E-state index is 13.5. The summed E-state index contributed by atoms with van der Waals surface area (Å²) < 4.78 is 18.9. The third-order valence-electron chi connectivity index (χ3n) is 4.64. The van der Waals surface area contributed by atoms with Gasteiger partial charge in [-0.2, -0.15) is 0 Å². The number of fused-ring (bicyclic) bond motifs is 1. The molecule has 1 atom stereocenters. The van der Waals surface area contributed by atoms with Crippen LogP contribution in [0.4, 0.5) is 4.39 Å². The van der Waals surface area contributed by atoms with Gasteiger partial charge in [-0.25, -0.2) is 4.39 Å². The lowest BCUT2D eigenvalue weighted by atomic mass is 9.79. The Morgan fingerprint density at radius 1 is 1.43 bits per heavy atom. The zero-order chi connectivity index (χ0) is 15.6. The fraction of sp³-hybridized carbons (Fsp3) is 0.562. The molecule has 7 heteroatoms. The predicted octanol–water partition coefficient (Wildman–Crippen LogP) is 2.66. The second-order valence-electron chi connectivity index (χ2n) is 5.94. The van der Waals surface area contributed by atoms with Crippen molar-refractivity contribution >= 4 is 30.1 Å². The molecule has 3 rings (SSSR count). The maximum absolute atomic E-state index is 13.5. The summed E-state index contributed by atoms with van der Waals surface area (Å²) in [4.78, 5) is 13.8. The molecule has 2 aliphatic heterocycles. The zero-order valence-corrected chi connectivity index (χ0v) is 14.5. The number of hydrogen-bond donors (Lipinski definition) is 2. The van der Waals surface area contributed by atoms with Crippen LogP contribution in [0, 0.1) is 11.2 Å². The van der Waals surface area contributed by atoms with Crippen LogP contribution < -0.4 is 11.1 Å². The molecule has 0 saturated carbocycles. The van der Waals surface area contributed by atoms with E-state index in [1.807, 2.05) is 0 Å². The summed E-state index contributed by atoms with van der Waals surface area (Å²) in [5.74, 6) is 0.632. The van der Waals surface area contributed by atoms with Crippen LogP contribution in [0.25, 0.3) is 0 Å². The normalized spacial score (nSPS) is 22.6. The Hall–Kier alpha value is -0.820. The fourth-order valence-corrected chi connectivity index (χ4v) is 4.22. The molecule has 0 aliphatic carbocycles. The van der Waals surface area contributed by atoms with Crippen LogP contribution in [0.3, 0.4) is 0 Å². The van der Waals surface area contributed by atoms with Gasteiger partial charge in [0.2, 0.25) is 5.91 Å². The molecule has 0 radical (unpaired) electrons. The van der Waals surface area contributed by atoms with Crippen LogP contribution in [0.5, 0.6) is 0 Å². The van der Waals surface area contributed by atoms with Crippen molar-refractivity contribution in [2.45, 2.75) is 30.2 Å². The highest BCUT2D eigenvalue weighted by molar-refractivity contribution is 7.99. The van der Waals surface area contributed by atoms with E-state index in [1.165, 1.54) is 12.1 Å². The van der Waals surface area contributed by atoms with Crippen LogP contribution in [0.2, 0.25) is 0 Å². The molecular formula is C16H22ClFN2O2S. The van der Waals surface area contributed by atoms with Gasteiger partial charge in [0, 0.05) is 30.4 Å². The summed E-state index contributed by atoms with van der Waals surface area (Å²) in [5, 5.41) is 3.11. The number of halogens is 2. The Morgan fingerprint density at radius 3 is 2.87 bits per heavy atom. The lowest BCUT2D eigenvalue weighted by molar-refractivity contribution is -0.136. The van der Waals surface area contributed by atoms with E-state index >= 15 is 0 Å². The van der Waals surface area contributed by atoms with E-state index in [9.17, 15) is 9.18 Å². The molecule has 3 N–H and O–H groups in total. The van der Waals surface area contributed by atoms with Crippen molar-refractivity contribution in [2.75, 3.05) is 25.5 Å². The molecule has 2 heterocycles. The summed E-state index contributed by atoms with van der Waals surface area (Å²) in [7, 11) is 0. The van der Waals surface area contributed by atoms with E-state index in [0.717, 1.165) is 22.6 Å². The van der Waals surface area contributed by atoms with Crippen molar-refractivity contribution < 1.29 is 13.9 Å². The lowest BCUT2D eigenvalue weighted by Crippen LogP contribution is -2.50. The highest BCUT2D eigenvalue weighted by atomic mass is 35.5. The van der Waals surface area contributed by atoms with Gasteiger partial charge in [0.15, 0.2) is 0 Å². The van der Waals surface area contributed by atoms with E-state index in [-0.39, 0.29) is 30.2 Å². The van der Waals surface area contributed by atoms with E-state index in [2.05, 4.69) is 5.32 Å². The Balaban J connectivity index is 0.00000192. The first-order valence-electron chi connectivity index (χ1n) is 7.66. The quantitative estimate of drug-likeness (QED) is 0.869. The van der Waals surface area contributed by atoms with Gasteiger partial charge in [-0.1, -0.05) is 0 Å². The Morgan fingerprint density at radius 2 is 2.17 bits per heavy atom. The molecular weight excluding hydrogens is 339 g/mol. The minimum Gasteiger partial charge on any atom is -0.381 e.